The number of hydrogen-bond donors (Lipinski definition) is 1. The maximum atomic E-state index is 11.0. The lowest BCUT2D eigenvalue weighted by Crippen LogP contribution is -2.24. The highest BCUT2D eigenvalue weighted by atomic mass is 32.1. The Morgan fingerprint density at radius 1 is 1.04 bits per heavy atom. The monoisotopic (exact) mass is 375 g/mol. The van der Waals surface area contributed by atoms with Crippen molar-refractivity contribution in [2.45, 2.75) is 26.1 Å². The predicted molar refractivity (Wildman–Crippen MR) is 110 cm³/mol. The molecule has 27 heavy (non-hydrogen) atoms. The molecule has 0 saturated heterocycles. The molecule has 4 aromatic rings. The van der Waals surface area contributed by atoms with Crippen molar-refractivity contribution in [3.63, 3.8) is 0 Å². The van der Waals surface area contributed by atoms with Crippen molar-refractivity contribution >= 4 is 22.1 Å². The lowest BCUT2D eigenvalue weighted by atomic mass is 9.92. The summed E-state index contributed by atoms with van der Waals surface area (Å²) in [5, 5.41) is 16.0. The summed E-state index contributed by atoms with van der Waals surface area (Å²) >= 11 is 1.45. The third-order valence-electron chi connectivity index (χ3n) is 4.87. The van der Waals surface area contributed by atoms with Crippen molar-refractivity contribution < 1.29 is 9.84 Å². The molecule has 0 radical (unpaired) electrons. The van der Waals surface area contributed by atoms with Gasteiger partial charge in [0.25, 0.3) is 0 Å². The van der Waals surface area contributed by atoms with Crippen LogP contribution in [0.5, 0.6) is 5.75 Å². The van der Waals surface area contributed by atoms with Crippen LogP contribution in [0.15, 0.2) is 72.2 Å². The van der Waals surface area contributed by atoms with Gasteiger partial charge in [-0.15, -0.1) is 11.3 Å². The largest absolute Gasteiger partial charge is 0.489 e. The Morgan fingerprint density at radius 3 is 2.63 bits per heavy atom. The van der Waals surface area contributed by atoms with Gasteiger partial charge in [-0.05, 0) is 53.4 Å². The molecule has 0 aliphatic heterocycles. The summed E-state index contributed by atoms with van der Waals surface area (Å²) in [5.74, 6) is 0.775. The molecular weight excluding hydrogens is 354 g/mol. The van der Waals surface area contributed by atoms with Gasteiger partial charge in [0.2, 0.25) is 0 Å². The smallest absolute Gasteiger partial charge is 0.138 e. The summed E-state index contributed by atoms with van der Waals surface area (Å²) in [4.78, 5) is 4.29. The minimum absolute atomic E-state index is 0.481. The summed E-state index contributed by atoms with van der Waals surface area (Å²) in [6.07, 6.45) is 1.71. The molecule has 1 atom stereocenters. The van der Waals surface area contributed by atoms with Gasteiger partial charge in [-0.25, -0.2) is 4.98 Å². The Kier molecular flexibility index (Phi) is 4.68. The van der Waals surface area contributed by atoms with Gasteiger partial charge < -0.3 is 9.84 Å². The third-order valence-corrected chi connectivity index (χ3v) is 5.85. The molecule has 136 valence electrons. The fourth-order valence-electron chi connectivity index (χ4n) is 3.37. The van der Waals surface area contributed by atoms with Crippen LogP contribution in [-0.2, 0) is 12.2 Å². The number of fused-ring (bicyclic) bond motifs is 1. The molecule has 0 saturated carbocycles. The Hall–Kier alpha value is -2.69. The lowest BCUT2D eigenvalue weighted by molar-refractivity contribution is 0.101. The maximum absolute atomic E-state index is 11.0. The Labute approximate surface area is 162 Å². The van der Waals surface area contributed by atoms with Crippen LogP contribution in [0, 0.1) is 6.92 Å². The zero-order valence-corrected chi connectivity index (χ0v) is 16.2. The topological polar surface area (TPSA) is 42.4 Å². The number of thiazole rings is 1. The molecule has 0 fully saturated rings. The number of aliphatic hydroxyl groups is 1. The molecule has 3 nitrogen and oxygen atoms in total. The third kappa shape index (κ3) is 3.46. The van der Waals surface area contributed by atoms with Crippen LogP contribution < -0.4 is 4.74 Å². The number of benzene rings is 3. The first-order chi connectivity index (χ1) is 13.1. The van der Waals surface area contributed by atoms with Crippen molar-refractivity contribution in [2.75, 3.05) is 0 Å². The Balaban J connectivity index is 1.59. The molecule has 1 heterocycles. The van der Waals surface area contributed by atoms with Gasteiger partial charge in [0.05, 0.1) is 0 Å². The van der Waals surface area contributed by atoms with E-state index in [9.17, 15) is 5.11 Å². The molecule has 1 aromatic heterocycles. The van der Waals surface area contributed by atoms with Crippen molar-refractivity contribution in [3.05, 3.63) is 93.9 Å². The number of nitrogens with zero attached hydrogens (tertiary/aromatic N) is 1. The number of ether oxygens (including phenoxy) is 1. The minimum Gasteiger partial charge on any atom is -0.489 e. The van der Waals surface area contributed by atoms with Crippen LogP contribution in [0.2, 0.25) is 0 Å². The highest BCUT2D eigenvalue weighted by Gasteiger charge is 2.30. The van der Waals surface area contributed by atoms with Crippen LogP contribution in [0.3, 0.4) is 0 Å². The van der Waals surface area contributed by atoms with E-state index in [0.29, 0.717) is 11.6 Å². The zero-order chi connectivity index (χ0) is 18.9. The van der Waals surface area contributed by atoms with E-state index < -0.39 is 5.60 Å². The van der Waals surface area contributed by atoms with Gasteiger partial charge in [-0.1, -0.05) is 48.5 Å². The van der Waals surface area contributed by atoms with Gasteiger partial charge in [0, 0.05) is 11.6 Å². The van der Waals surface area contributed by atoms with Gasteiger partial charge in [-0.2, -0.15) is 0 Å². The van der Waals surface area contributed by atoms with Crippen LogP contribution in [-0.4, -0.2) is 10.1 Å². The molecule has 0 aliphatic carbocycles. The molecule has 4 heteroatoms. The van der Waals surface area contributed by atoms with Crippen molar-refractivity contribution in [2.24, 2.45) is 0 Å². The molecular formula is C23H21NO2S. The molecule has 3 aromatic carbocycles. The number of aromatic nitrogens is 1. The van der Waals surface area contributed by atoms with Crippen molar-refractivity contribution in [3.8, 4) is 5.75 Å². The van der Waals surface area contributed by atoms with Crippen LogP contribution in [0.25, 0.3) is 10.8 Å². The standard InChI is InChI=1S/C23H21NO2S/c1-16-20(23(2,25)22-24-12-13-27-22)8-5-9-21(16)26-15-17-10-11-18-6-3-4-7-19(18)14-17/h3-14,25H,15H2,1-2H3. The molecule has 0 spiro atoms. The van der Waals surface area contributed by atoms with E-state index in [-0.39, 0.29) is 0 Å². The number of hydrogen-bond acceptors (Lipinski definition) is 4. The quantitative estimate of drug-likeness (QED) is 0.505. The van der Waals surface area contributed by atoms with E-state index in [4.69, 9.17) is 4.74 Å². The van der Waals surface area contributed by atoms with Crippen LogP contribution in [0.4, 0.5) is 0 Å². The van der Waals surface area contributed by atoms with E-state index in [0.717, 1.165) is 22.4 Å². The second-order valence-electron chi connectivity index (χ2n) is 6.81. The fraction of sp³-hybridized carbons (Fsp3) is 0.174. The summed E-state index contributed by atoms with van der Waals surface area (Å²) in [7, 11) is 0. The molecule has 0 bridgehead atoms. The molecule has 1 N–H and O–H groups in total. The van der Waals surface area contributed by atoms with E-state index in [1.807, 2.05) is 42.6 Å². The maximum Gasteiger partial charge on any atom is 0.138 e. The Bertz CT molecular complexity index is 1070. The first-order valence-electron chi connectivity index (χ1n) is 8.88. The van der Waals surface area contributed by atoms with E-state index >= 15 is 0 Å². The average Bonchev–Trinajstić information content (AvgIpc) is 3.22. The molecule has 0 amide bonds. The highest BCUT2D eigenvalue weighted by molar-refractivity contribution is 7.09. The number of rotatable bonds is 5. The summed E-state index contributed by atoms with van der Waals surface area (Å²) in [6, 6.07) is 20.4. The van der Waals surface area contributed by atoms with Gasteiger partial charge in [0.15, 0.2) is 0 Å². The van der Waals surface area contributed by atoms with Gasteiger partial charge in [0.1, 0.15) is 23.0 Å². The highest BCUT2D eigenvalue weighted by Crippen LogP contribution is 2.36. The molecule has 0 aliphatic rings. The SMILES string of the molecule is Cc1c(OCc2ccc3ccccc3c2)cccc1C(C)(O)c1nccs1. The second kappa shape index (κ2) is 7.14. The average molecular weight is 375 g/mol. The van der Waals surface area contributed by atoms with Gasteiger partial charge in [-0.3, -0.25) is 0 Å². The zero-order valence-electron chi connectivity index (χ0n) is 15.3. The fourth-order valence-corrected chi connectivity index (χ4v) is 4.08. The van der Waals surface area contributed by atoms with E-state index in [1.54, 1.807) is 13.1 Å². The van der Waals surface area contributed by atoms with E-state index in [1.165, 1.54) is 22.1 Å². The van der Waals surface area contributed by atoms with Crippen molar-refractivity contribution in [1.29, 1.82) is 0 Å². The first kappa shape index (κ1) is 17.7. The summed E-state index contributed by atoms with van der Waals surface area (Å²) in [6.45, 7) is 4.24. The minimum atomic E-state index is -1.14. The lowest BCUT2D eigenvalue weighted by Gasteiger charge is -2.24. The van der Waals surface area contributed by atoms with Gasteiger partial charge >= 0.3 is 0 Å². The first-order valence-corrected chi connectivity index (χ1v) is 9.76. The van der Waals surface area contributed by atoms with Crippen molar-refractivity contribution in [1.82, 2.24) is 4.98 Å². The Morgan fingerprint density at radius 2 is 1.85 bits per heavy atom. The van der Waals surface area contributed by atoms with Crippen LogP contribution in [0.1, 0.15) is 28.6 Å². The molecule has 4 rings (SSSR count). The van der Waals surface area contributed by atoms with Crippen LogP contribution >= 0.6 is 11.3 Å². The predicted octanol–water partition coefficient (Wildman–Crippen LogP) is 5.44. The normalized spacial score (nSPS) is 13.4. The molecule has 1 unspecified atom stereocenters. The van der Waals surface area contributed by atoms with E-state index in [2.05, 4.69) is 35.3 Å². The second-order valence-corrected chi connectivity index (χ2v) is 7.70. The summed E-state index contributed by atoms with van der Waals surface area (Å²) in [5.41, 5.74) is 1.72. The summed E-state index contributed by atoms with van der Waals surface area (Å²) < 4.78 is 6.10.